The van der Waals surface area contributed by atoms with Crippen LogP contribution in [0.5, 0.6) is 11.5 Å². The summed E-state index contributed by atoms with van der Waals surface area (Å²) in [5.41, 5.74) is 2.04. The first-order valence-electron chi connectivity index (χ1n) is 8.25. The minimum Gasteiger partial charge on any atom is -0.493 e. The van der Waals surface area contributed by atoms with Crippen molar-refractivity contribution in [3.63, 3.8) is 0 Å². The van der Waals surface area contributed by atoms with E-state index < -0.39 is 6.10 Å². The molecular formula is C20H25NO3. The van der Waals surface area contributed by atoms with Crippen molar-refractivity contribution < 1.29 is 14.3 Å². The van der Waals surface area contributed by atoms with E-state index >= 15 is 0 Å². The van der Waals surface area contributed by atoms with Gasteiger partial charge in [0.2, 0.25) is 0 Å². The van der Waals surface area contributed by atoms with E-state index in [0.717, 1.165) is 12.1 Å². The van der Waals surface area contributed by atoms with Gasteiger partial charge in [-0.25, -0.2) is 0 Å². The molecule has 0 bridgehead atoms. The lowest BCUT2D eigenvalue weighted by Crippen LogP contribution is -2.30. The maximum Gasteiger partial charge on any atom is 0.265 e. The van der Waals surface area contributed by atoms with Crippen LogP contribution in [0.3, 0.4) is 0 Å². The predicted molar refractivity (Wildman–Crippen MR) is 96.9 cm³/mol. The van der Waals surface area contributed by atoms with Gasteiger partial charge in [0.05, 0.1) is 7.11 Å². The molecule has 0 radical (unpaired) electrons. The second kappa shape index (κ2) is 8.39. The molecule has 2 rings (SSSR count). The predicted octanol–water partition coefficient (Wildman–Crippen LogP) is 4.61. The first kappa shape index (κ1) is 17.9. The van der Waals surface area contributed by atoms with Crippen LogP contribution >= 0.6 is 0 Å². The highest BCUT2D eigenvalue weighted by atomic mass is 16.5. The number of hydrogen-bond acceptors (Lipinski definition) is 3. The number of hydrogen-bond donors (Lipinski definition) is 1. The number of benzene rings is 2. The fraction of sp³-hybridized carbons (Fsp3) is 0.350. The van der Waals surface area contributed by atoms with E-state index in [1.807, 2.05) is 24.3 Å². The molecule has 0 aliphatic heterocycles. The molecule has 1 amide bonds. The maximum atomic E-state index is 12.3. The SMILES string of the molecule is CC[C@H](C)c1ccc(NC(=O)[C@H](C)Oc2ccccc2OC)cc1. The molecule has 0 spiro atoms. The summed E-state index contributed by atoms with van der Waals surface area (Å²) in [6.45, 7) is 6.07. The van der Waals surface area contributed by atoms with Gasteiger partial charge in [0, 0.05) is 5.69 Å². The van der Waals surface area contributed by atoms with Crippen molar-refractivity contribution in [2.75, 3.05) is 12.4 Å². The van der Waals surface area contributed by atoms with Gasteiger partial charge in [-0.15, -0.1) is 0 Å². The van der Waals surface area contributed by atoms with E-state index in [0.29, 0.717) is 17.4 Å². The van der Waals surface area contributed by atoms with Gasteiger partial charge in [-0.05, 0) is 49.1 Å². The highest BCUT2D eigenvalue weighted by Crippen LogP contribution is 2.27. The molecule has 0 saturated heterocycles. The smallest absolute Gasteiger partial charge is 0.265 e. The molecule has 0 fully saturated rings. The number of methoxy groups -OCH3 is 1. The number of anilines is 1. The molecular weight excluding hydrogens is 302 g/mol. The summed E-state index contributed by atoms with van der Waals surface area (Å²) in [6, 6.07) is 15.2. The molecule has 2 atom stereocenters. The Morgan fingerprint density at radius 3 is 2.25 bits per heavy atom. The van der Waals surface area contributed by atoms with E-state index in [4.69, 9.17) is 9.47 Å². The van der Waals surface area contributed by atoms with Crippen LogP contribution in [0.2, 0.25) is 0 Å². The summed E-state index contributed by atoms with van der Waals surface area (Å²) >= 11 is 0. The first-order valence-corrected chi connectivity index (χ1v) is 8.25. The molecule has 0 heterocycles. The minimum absolute atomic E-state index is 0.197. The minimum atomic E-state index is -0.629. The number of para-hydroxylation sites is 2. The Morgan fingerprint density at radius 2 is 1.67 bits per heavy atom. The monoisotopic (exact) mass is 327 g/mol. The van der Waals surface area contributed by atoms with E-state index in [1.165, 1.54) is 5.56 Å². The molecule has 4 heteroatoms. The number of ether oxygens (including phenoxy) is 2. The van der Waals surface area contributed by atoms with E-state index in [1.54, 1.807) is 26.2 Å². The van der Waals surface area contributed by atoms with Gasteiger partial charge in [-0.2, -0.15) is 0 Å². The number of carbonyl (C=O) groups is 1. The normalized spacial score (nSPS) is 13.0. The topological polar surface area (TPSA) is 47.6 Å². The Morgan fingerprint density at radius 1 is 1.04 bits per heavy atom. The van der Waals surface area contributed by atoms with Gasteiger partial charge < -0.3 is 14.8 Å². The summed E-state index contributed by atoms with van der Waals surface area (Å²) in [7, 11) is 1.58. The number of rotatable bonds is 7. The van der Waals surface area contributed by atoms with Crippen LogP contribution < -0.4 is 14.8 Å². The summed E-state index contributed by atoms with van der Waals surface area (Å²) in [5, 5.41) is 2.88. The third-order valence-corrected chi connectivity index (χ3v) is 4.10. The van der Waals surface area contributed by atoms with Gasteiger partial charge in [0.1, 0.15) is 0 Å². The van der Waals surface area contributed by atoms with E-state index in [9.17, 15) is 4.79 Å². The van der Waals surface area contributed by atoms with Gasteiger partial charge in [0.25, 0.3) is 5.91 Å². The molecule has 24 heavy (non-hydrogen) atoms. The Hall–Kier alpha value is -2.49. The van der Waals surface area contributed by atoms with E-state index in [-0.39, 0.29) is 5.91 Å². The molecule has 2 aromatic rings. The third-order valence-electron chi connectivity index (χ3n) is 4.10. The van der Waals surface area contributed by atoms with Crippen LogP contribution in [0.15, 0.2) is 48.5 Å². The Bertz CT molecular complexity index is 667. The number of amides is 1. The van der Waals surface area contributed by atoms with Crippen molar-refractivity contribution in [3.05, 3.63) is 54.1 Å². The van der Waals surface area contributed by atoms with Crippen molar-refractivity contribution in [1.29, 1.82) is 0 Å². The highest BCUT2D eigenvalue weighted by molar-refractivity contribution is 5.94. The van der Waals surface area contributed by atoms with Crippen LogP contribution in [0.4, 0.5) is 5.69 Å². The van der Waals surface area contributed by atoms with Crippen molar-refractivity contribution in [2.24, 2.45) is 0 Å². The summed E-state index contributed by atoms with van der Waals surface area (Å²) in [4.78, 5) is 12.3. The second-order valence-electron chi connectivity index (χ2n) is 5.83. The fourth-order valence-corrected chi connectivity index (χ4v) is 2.33. The van der Waals surface area contributed by atoms with Crippen LogP contribution in [0.1, 0.15) is 38.7 Å². The number of nitrogens with one attached hydrogen (secondary N) is 1. The van der Waals surface area contributed by atoms with Crippen LogP contribution in [-0.2, 0) is 4.79 Å². The van der Waals surface area contributed by atoms with Gasteiger partial charge in [-0.3, -0.25) is 4.79 Å². The molecule has 0 aromatic heterocycles. The second-order valence-corrected chi connectivity index (χ2v) is 5.83. The lowest BCUT2D eigenvalue weighted by Gasteiger charge is -2.17. The van der Waals surface area contributed by atoms with Crippen LogP contribution in [0, 0.1) is 0 Å². The zero-order valence-electron chi connectivity index (χ0n) is 14.7. The standard InChI is InChI=1S/C20H25NO3/c1-5-14(2)16-10-12-17(13-11-16)21-20(22)15(3)24-19-9-7-6-8-18(19)23-4/h6-15H,5H2,1-4H3,(H,21,22)/t14-,15-/m0/s1. The lowest BCUT2D eigenvalue weighted by atomic mass is 9.99. The molecule has 4 nitrogen and oxygen atoms in total. The Labute approximate surface area is 143 Å². The van der Waals surface area contributed by atoms with Crippen molar-refractivity contribution in [2.45, 2.75) is 39.2 Å². The van der Waals surface area contributed by atoms with Crippen LogP contribution in [-0.4, -0.2) is 19.1 Å². The van der Waals surface area contributed by atoms with Gasteiger partial charge in [0.15, 0.2) is 17.6 Å². The van der Waals surface area contributed by atoms with E-state index in [2.05, 4.69) is 31.3 Å². The zero-order chi connectivity index (χ0) is 17.5. The third kappa shape index (κ3) is 4.51. The van der Waals surface area contributed by atoms with Crippen LogP contribution in [0.25, 0.3) is 0 Å². The van der Waals surface area contributed by atoms with Gasteiger partial charge >= 0.3 is 0 Å². The molecule has 0 saturated carbocycles. The molecule has 128 valence electrons. The highest BCUT2D eigenvalue weighted by Gasteiger charge is 2.17. The van der Waals surface area contributed by atoms with Crippen molar-refractivity contribution in [1.82, 2.24) is 0 Å². The summed E-state index contributed by atoms with van der Waals surface area (Å²) in [5.74, 6) is 1.48. The fourth-order valence-electron chi connectivity index (χ4n) is 2.33. The number of carbonyl (C=O) groups excluding carboxylic acids is 1. The molecule has 1 N–H and O–H groups in total. The lowest BCUT2D eigenvalue weighted by molar-refractivity contribution is -0.122. The molecule has 0 aliphatic carbocycles. The quantitative estimate of drug-likeness (QED) is 0.807. The largest absolute Gasteiger partial charge is 0.493 e. The van der Waals surface area contributed by atoms with Gasteiger partial charge in [-0.1, -0.05) is 38.1 Å². The van der Waals surface area contributed by atoms with Crippen molar-refractivity contribution in [3.8, 4) is 11.5 Å². The molecule has 0 unspecified atom stereocenters. The average Bonchev–Trinajstić information content (AvgIpc) is 2.62. The first-order chi connectivity index (χ1) is 11.5. The maximum absolute atomic E-state index is 12.3. The van der Waals surface area contributed by atoms with Crippen molar-refractivity contribution >= 4 is 11.6 Å². The Kier molecular flexibility index (Phi) is 6.24. The molecule has 0 aliphatic rings. The Balaban J connectivity index is 1.98. The summed E-state index contributed by atoms with van der Waals surface area (Å²) in [6.07, 6.45) is 0.464. The average molecular weight is 327 g/mol. The summed E-state index contributed by atoms with van der Waals surface area (Å²) < 4.78 is 10.9. The zero-order valence-corrected chi connectivity index (χ0v) is 14.7. The molecule has 2 aromatic carbocycles.